The number of hydrogen-bond donors (Lipinski definition) is 2. The number of alkyl halides is 3. The molecule has 1 aliphatic carbocycles. The van der Waals surface area contributed by atoms with Crippen molar-refractivity contribution < 1.29 is 32.6 Å². The zero-order chi connectivity index (χ0) is 32.7. The van der Waals surface area contributed by atoms with Crippen LogP contribution in [0.2, 0.25) is 5.02 Å². The second-order valence-electron chi connectivity index (χ2n) is 11.6. The zero-order valence-corrected chi connectivity index (χ0v) is 25.8. The third kappa shape index (κ3) is 6.22. The molecule has 2 aliphatic heterocycles. The summed E-state index contributed by atoms with van der Waals surface area (Å²) < 4.78 is 47.6. The lowest BCUT2D eigenvalue weighted by atomic mass is 9.81. The molecular formula is C30H33ClF3N7O5. The quantitative estimate of drug-likeness (QED) is 0.394. The summed E-state index contributed by atoms with van der Waals surface area (Å²) in [5.41, 5.74) is 0.300. The van der Waals surface area contributed by atoms with Crippen molar-refractivity contribution in [3.05, 3.63) is 56.7 Å². The Morgan fingerprint density at radius 1 is 1.17 bits per heavy atom. The first-order chi connectivity index (χ1) is 21.9. The third-order valence-corrected chi connectivity index (χ3v) is 8.97. The van der Waals surface area contributed by atoms with Gasteiger partial charge in [-0.3, -0.25) is 14.4 Å². The molecule has 0 bridgehead atoms. The number of hydrogen-bond acceptors (Lipinski definition) is 8. The van der Waals surface area contributed by atoms with E-state index in [4.69, 9.17) is 16.3 Å². The molecule has 246 valence electrons. The van der Waals surface area contributed by atoms with Crippen LogP contribution in [0.15, 0.2) is 29.1 Å². The topological polar surface area (TPSA) is 134 Å². The van der Waals surface area contributed by atoms with Gasteiger partial charge in [0.15, 0.2) is 5.82 Å². The number of nitrogens with zero attached hydrogens (tertiary/aromatic N) is 6. The Bertz CT molecular complexity index is 1760. The molecule has 0 spiro atoms. The fraction of sp³-hybridized carbons (Fsp3) is 0.500. The number of carbonyl (C=O) groups is 2. The maximum Gasteiger partial charge on any atom is 0.416 e. The van der Waals surface area contributed by atoms with Crippen molar-refractivity contribution in [1.82, 2.24) is 24.1 Å². The van der Waals surface area contributed by atoms with Gasteiger partial charge in [-0.15, -0.1) is 5.10 Å². The summed E-state index contributed by atoms with van der Waals surface area (Å²) in [6.07, 6.45) is -1.40. The number of fused-ring (bicyclic) bond motifs is 1. The van der Waals surface area contributed by atoms with Crippen molar-refractivity contribution in [3.8, 4) is 0 Å². The molecule has 16 heteroatoms. The monoisotopic (exact) mass is 663 g/mol. The molecule has 0 atom stereocenters. The van der Waals surface area contributed by atoms with Crippen LogP contribution in [-0.4, -0.2) is 86.5 Å². The van der Waals surface area contributed by atoms with Gasteiger partial charge in [0.25, 0.3) is 5.56 Å². The molecule has 2 fully saturated rings. The molecule has 1 aromatic carbocycles. The van der Waals surface area contributed by atoms with Crippen LogP contribution >= 0.6 is 11.6 Å². The Morgan fingerprint density at radius 3 is 2.52 bits per heavy atom. The summed E-state index contributed by atoms with van der Waals surface area (Å²) >= 11 is 6.09. The van der Waals surface area contributed by atoms with Crippen molar-refractivity contribution >= 4 is 46.1 Å². The maximum absolute atomic E-state index is 14.0. The summed E-state index contributed by atoms with van der Waals surface area (Å²) in [6, 6.07) is 2.67. The van der Waals surface area contributed by atoms with Gasteiger partial charge in [-0.1, -0.05) is 24.6 Å². The lowest BCUT2D eigenvalue weighted by Gasteiger charge is -2.40. The zero-order valence-electron chi connectivity index (χ0n) is 25.0. The van der Waals surface area contributed by atoms with Crippen molar-refractivity contribution in [3.63, 3.8) is 0 Å². The lowest BCUT2D eigenvalue weighted by molar-refractivity contribution is -0.142. The van der Waals surface area contributed by atoms with Crippen LogP contribution in [-0.2, 0) is 33.5 Å². The van der Waals surface area contributed by atoms with Gasteiger partial charge < -0.3 is 29.5 Å². The molecule has 1 saturated heterocycles. The average molecular weight is 664 g/mol. The molecule has 12 nitrogen and oxygen atoms in total. The molecule has 2 N–H and O–H groups in total. The number of rotatable bonds is 7. The lowest BCUT2D eigenvalue weighted by Crippen LogP contribution is -2.53. The van der Waals surface area contributed by atoms with Crippen LogP contribution in [0.4, 0.5) is 24.5 Å². The number of nitrogens with one attached hydrogen (secondary N) is 1. The van der Waals surface area contributed by atoms with E-state index in [9.17, 15) is 32.7 Å². The molecule has 46 heavy (non-hydrogen) atoms. The first-order valence-electron chi connectivity index (χ1n) is 15.1. The van der Waals surface area contributed by atoms with Crippen LogP contribution in [0.25, 0.3) is 11.4 Å². The summed E-state index contributed by atoms with van der Waals surface area (Å²) in [5, 5.41) is 16.5. The van der Waals surface area contributed by atoms with Crippen molar-refractivity contribution in [2.24, 2.45) is 5.92 Å². The summed E-state index contributed by atoms with van der Waals surface area (Å²) in [7, 11) is 0. The van der Waals surface area contributed by atoms with Crippen LogP contribution in [0.1, 0.15) is 43.3 Å². The minimum atomic E-state index is -4.59. The van der Waals surface area contributed by atoms with E-state index in [0.717, 1.165) is 23.8 Å². The molecule has 3 aliphatic rings. The minimum Gasteiger partial charge on any atom is -0.393 e. The van der Waals surface area contributed by atoms with Crippen LogP contribution in [0.3, 0.4) is 0 Å². The van der Waals surface area contributed by atoms with Crippen molar-refractivity contribution in [2.45, 2.75) is 51.4 Å². The molecule has 0 radical (unpaired) electrons. The first kappa shape index (κ1) is 32.0. The van der Waals surface area contributed by atoms with E-state index in [1.54, 1.807) is 9.47 Å². The Labute approximate surface area is 266 Å². The fourth-order valence-corrected chi connectivity index (χ4v) is 6.35. The van der Waals surface area contributed by atoms with Gasteiger partial charge in [0, 0.05) is 32.1 Å². The maximum atomic E-state index is 14.0. The molecule has 1 saturated carbocycles. The van der Waals surface area contributed by atoms with E-state index in [-0.39, 0.29) is 34.9 Å². The van der Waals surface area contributed by atoms with Gasteiger partial charge in [0.05, 0.1) is 41.3 Å². The third-order valence-electron chi connectivity index (χ3n) is 8.65. The van der Waals surface area contributed by atoms with E-state index < -0.39 is 29.3 Å². The van der Waals surface area contributed by atoms with Crippen LogP contribution < -0.4 is 15.8 Å². The Kier molecular flexibility index (Phi) is 8.83. The minimum absolute atomic E-state index is 0.00205. The number of piperazine rings is 1. The second kappa shape index (κ2) is 12.7. The number of ether oxygens (including phenoxy) is 1. The summed E-state index contributed by atoms with van der Waals surface area (Å²) in [6.45, 7) is 3.85. The molecule has 2 amide bonds. The van der Waals surface area contributed by atoms with Crippen LogP contribution in [0, 0.1) is 5.92 Å². The van der Waals surface area contributed by atoms with Crippen LogP contribution in [0.5, 0.6) is 0 Å². The highest BCUT2D eigenvalue weighted by molar-refractivity contribution is 6.33. The van der Waals surface area contributed by atoms with Gasteiger partial charge >= 0.3 is 6.18 Å². The normalized spacial score (nSPS) is 20.4. The van der Waals surface area contributed by atoms with Gasteiger partial charge in [0.2, 0.25) is 17.6 Å². The van der Waals surface area contributed by atoms with Gasteiger partial charge in [-0.2, -0.15) is 22.7 Å². The summed E-state index contributed by atoms with van der Waals surface area (Å²) in [4.78, 5) is 48.6. The molecule has 0 unspecified atom stereocenters. The highest BCUT2D eigenvalue weighted by Crippen LogP contribution is 2.34. The van der Waals surface area contributed by atoms with E-state index >= 15 is 0 Å². The number of aromatic nitrogens is 4. The van der Waals surface area contributed by atoms with Crippen molar-refractivity contribution in [2.75, 3.05) is 49.6 Å². The average Bonchev–Trinajstić information content (AvgIpc) is 3.47. The smallest absolute Gasteiger partial charge is 0.393 e. The number of carbonyl (C=O) groups excluding carboxylic acids is 2. The highest BCUT2D eigenvalue weighted by atomic mass is 35.5. The number of aliphatic hydroxyl groups excluding tert-OH is 1. The van der Waals surface area contributed by atoms with Gasteiger partial charge in [0.1, 0.15) is 12.2 Å². The first-order valence-corrected chi connectivity index (χ1v) is 15.5. The number of benzene rings is 1. The molecule has 3 aromatic rings. The number of halogens is 4. The van der Waals surface area contributed by atoms with E-state index in [1.165, 1.54) is 4.52 Å². The Balaban J connectivity index is 1.34. The second-order valence-corrected chi connectivity index (χ2v) is 12.0. The van der Waals surface area contributed by atoms with Gasteiger partial charge in [-0.25, -0.2) is 0 Å². The van der Waals surface area contributed by atoms with E-state index in [1.807, 2.05) is 17.9 Å². The predicted molar refractivity (Wildman–Crippen MR) is 163 cm³/mol. The SMILES string of the molecule is CCc1c(N2CCN(C(=O)C3CC(O)C3)CC2)c(=O)n2nc(C3=CCOCC3)nc2n1CC(=O)Nc1ccc(C(F)(F)F)cc1Cl. The number of amides is 2. The van der Waals surface area contributed by atoms with E-state index in [2.05, 4.69) is 15.4 Å². The molecular weight excluding hydrogens is 631 g/mol. The fourth-order valence-electron chi connectivity index (χ4n) is 6.12. The number of anilines is 2. The highest BCUT2D eigenvalue weighted by Gasteiger charge is 2.37. The van der Waals surface area contributed by atoms with E-state index in [0.29, 0.717) is 82.3 Å². The largest absolute Gasteiger partial charge is 0.416 e. The standard InChI is InChI=1S/C30H33ClF3N7O5/c1-2-23-25(38-7-9-39(10-8-38)27(44)18-13-20(42)14-18)28(45)41-29(36-26(37-41)17-5-11-46-12-6-17)40(23)16-24(43)35-22-4-3-19(15-21(22)31)30(32,33)34/h3-5,15,18,20,42H,2,6-14,16H2,1H3,(H,35,43). The Hall–Kier alpha value is -3.95. The molecule has 4 heterocycles. The van der Waals surface area contributed by atoms with Crippen molar-refractivity contribution in [1.29, 1.82) is 0 Å². The summed E-state index contributed by atoms with van der Waals surface area (Å²) in [5.74, 6) is -0.318. The van der Waals surface area contributed by atoms with Gasteiger partial charge in [-0.05, 0) is 49.5 Å². The molecule has 6 rings (SSSR count). The molecule has 2 aromatic heterocycles. The Morgan fingerprint density at radius 2 is 1.91 bits per heavy atom. The predicted octanol–water partition coefficient (Wildman–Crippen LogP) is 2.99. The number of aliphatic hydroxyl groups is 1.